The molecule has 3 N–H and O–H groups in total. The predicted molar refractivity (Wildman–Crippen MR) is 150 cm³/mol. The maximum atomic E-state index is 12.3. The van der Waals surface area contributed by atoms with Crippen molar-refractivity contribution in [1.82, 2.24) is 20.6 Å². The number of nitrogens with one attached hydrogen (secondary N) is 3. The fraction of sp³-hybridized carbons (Fsp3) is 0.607. The van der Waals surface area contributed by atoms with E-state index in [0.717, 1.165) is 88.4 Å². The summed E-state index contributed by atoms with van der Waals surface area (Å²) in [5, 5.41) is 9.87. The van der Waals surface area contributed by atoms with Crippen molar-refractivity contribution in [2.75, 3.05) is 74.1 Å². The summed E-state index contributed by atoms with van der Waals surface area (Å²) < 4.78 is 5.65. The number of nitrogens with zero attached hydrogens (tertiary/aromatic N) is 4. The van der Waals surface area contributed by atoms with Gasteiger partial charge in [-0.15, -0.1) is 0 Å². The Hall–Kier alpha value is -3.07. The summed E-state index contributed by atoms with van der Waals surface area (Å²) in [6, 6.07) is 9.43. The summed E-state index contributed by atoms with van der Waals surface area (Å²) in [5.74, 6) is 3.56. The van der Waals surface area contributed by atoms with E-state index < -0.39 is 0 Å². The van der Waals surface area contributed by atoms with Gasteiger partial charge < -0.3 is 30.5 Å². The van der Waals surface area contributed by atoms with Crippen LogP contribution in [0.25, 0.3) is 0 Å². The van der Waals surface area contributed by atoms with Crippen molar-refractivity contribution >= 4 is 23.5 Å². The van der Waals surface area contributed by atoms with Gasteiger partial charge in [0, 0.05) is 57.4 Å². The van der Waals surface area contributed by atoms with Crippen LogP contribution in [0, 0.1) is 0 Å². The van der Waals surface area contributed by atoms with Crippen molar-refractivity contribution in [3.05, 3.63) is 35.9 Å². The monoisotopic (exact) mass is 509 g/mol. The molecule has 0 aliphatic carbocycles. The Labute approximate surface area is 221 Å². The molecule has 0 saturated carbocycles. The number of carbonyl (C=O) groups is 1. The molecule has 0 atom stereocenters. The smallest absolute Gasteiger partial charge is 0.251 e. The van der Waals surface area contributed by atoms with Gasteiger partial charge in [-0.3, -0.25) is 4.79 Å². The van der Waals surface area contributed by atoms with Crippen LogP contribution in [0.5, 0.6) is 5.75 Å². The second kappa shape index (κ2) is 14.6. The van der Waals surface area contributed by atoms with Gasteiger partial charge >= 0.3 is 0 Å². The number of carbonyl (C=O) groups excluding carboxylic acids is 1. The van der Waals surface area contributed by atoms with Crippen LogP contribution < -0.4 is 30.5 Å². The number of anilines is 3. The molecule has 9 nitrogen and oxygen atoms in total. The second-order valence-corrected chi connectivity index (χ2v) is 9.81. The lowest BCUT2D eigenvalue weighted by Gasteiger charge is -2.22. The van der Waals surface area contributed by atoms with E-state index in [2.05, 4.69) is 38.7 Å². The molecule has 1 aromatic heterocycles. The minimum Gasteiger partial charge on any atom is -0.494 e. The van der Waals surface area contributed by atoms with Crippen LogP contribution in [0.1, 0.15) is 62.2 Å². The highest BCUT2D eigenvalue weighted by molar-refractivity contribution is 5.94. The first kappa shape index (κ1) is 27.0. The summed E-state index contributed by atoms with van der Waals surface area (Å²) in [5.41, 5.74) is 0.651. The third kappa shape index (κ3) is 8.49. The molecular formula is C28H43N7O2. The Morgan fingerprint density at radius 1 is 0.892 bits per heavy atom. The molecular weight excluding hydrogens is 466 g/mol. The standard InChI is InChI=1S/C28H43N7O2/c1-2-3-21-37-24-11-9-23(10-12-24)27(36)31-16-15-29-13-8-14-30-25-22-26(34-17-4-5-18-34)33-28(32-25)35-19-6-7-20-35/h9-12,22,29H,2-8,13-21H2,1H3,(H,31,36)(H,30,32,33). The molecule has 2 saturated heterocycles. The lowest BCUT2D eigenvalue weighted by molar-refractivity contribution is 0.0954. The highest BCUT2D eigenvalue weighted by Gasteiger charge is 2.20. The van der Waals surface area contributed by atoms with Crippen LogP contribution in [-0.4, -0.2) is 74.8 Å². The summed E-state index contributed by atoms with van der Waals surface area (Å²) in [6.45, 7) is 10.1. The number of hydrogen-bond acceptors (Lipinski definition) is 8. The van der Waals surface area contributed by atoms with E-state index in [1.165, 1.54) is 25.7 Å². The summed E-state index contributed by atoms with van der Waals surface area (Å²) in [6.07, 6.45) is 8.00. The molecule has 2 aliphatic heterocycles. The summed E-state index contributed by atoms with van der Waals surface area (Å²) >= 11 is 0. The third-order valence-corrected chi connectivity index (χ3v) is 6.83. The van der Waals surface area contributed by atoms with E-state index in [1.54, 1.807) is 0 Å². The molecule has 202 valence electrons. The molecule has 2 aromatic rings. The van der Waals surface area contributed by atoms with E-state index in [0.29, 0.717) is 18.7 Å². The van der Waals surface area contributed by atoms with Crippen LogP contribution in [0.3, 0.4) is 0 Å². The van der Waals surface area contributed by atoms with E-state index in [-0.39, 0.29) is 5.91 Å². The number of rotatable bonds is 15. The fourth-order valence-corrected chi connectivity index (χ4v) is 4.64. The number of aromatic nitrogens is 2. The molecule has 9 heteroatoms. The zero-order chi connectivity index (χ0) is 25.7. The fourth-order valence-electron chi connectivity index (χ4n) is 4.64. The average molecular weight is 510 g/mol. The first-order chi connectivity index (χ1) is 18.2. The average Bonchev–Trinajstić information content (AvgIpc) is 3.66. The van der Waals surface area contributed by atoms with Crippen LogP contribution in [0.4, 0.5) is 17.6 Å². The van der Waals surface area contributed by atoms with Gasteiger partial charge in [-0.25, -0.2) is 0 Å². The van der Waals surface area contributed by atoms with Gasteiger partial charge in [0.1, 0.15) is 17.4 Å². The van der Waals surface area contributed by atoms with Crippen molar-refractivity contribution in [3.63, 3.8) is 0 Å². The summed E-state index contributed by atoms with van der Waals surface area (Å²) in [4.78, 5) is 26.7. The maximum absolute atomic E-state index is 12.3. The minimum atomic E-state index is -0.0602. The van der Waals surface area contributed by atoms with Gasteiger partial charge in [-0.1, -0.05) is 13.3 Å². The highest BCUT2D eigenvalue weighted by Crippen LogP contribution is 2.25. The third-order valence-electron chi connectivity index (χ3n) is 6.83. The lowest BCUT2D eigenvalue weighted by Crippen LogP contribution is -2.32. The van der Waals surface area contributed by atoms with Gasteiger partial charge in [0.25, 0.3) is 5.91 Å². The first-order valence-electron chi connectivity index (χ1n) is 14.1. The van der Waals surface area contributed by atoms with E-state index in [4.69, 9.17) is 14.7 Å². The zero-order valence-corrected chi connectivity index (χ0v) is 22.3. The second-order valence-electron chi connectivity index (χ2n) is 9.81. The summed E-state index contributed by atoms with van der Waals surface area (Å²) in [7, 11) is 0. The van der Waals surface area contributed by atoms with Crippen molar-refractivity contribution in [3.8, 4) is 5.75 Å². The molecule has 0 bridgehead atoms. The number of benzene rings is 1. The Bertz CT molecular complexity index is 923. The predicted octanol–water partition coefficient (Wildman–Crippen LogP) is 3.68. The lowest BCUT2D eigenvalue weighted by atomic mass is 10.2. The van der Waals surface area contributed by atoms with Crippen LogP contribution >= 0.6 is 0 Å². The normalized spacial score (nSPS) is 15.3. The number of amides is 1. The molecule has 0 radical (unpaired) electrons. The van der Waals surface area contributed by atoms with Gasteiger partial charge in [0.2, 0.25) is 5.95 Å². The van der Waals surface area contributed by atoms with Gasteiger partial charge in [-0.05, 0) is 69.3 Å². The van der Waals surface area contributed by atoms with E-state index in [1.807, 2.05) is 24.3 Å². The molecule has 2 aliphatic rings. The molecule has 1 aromatic carbocycles. The molecule has 0 spiro atoms. The molecule has 2 fully saturated rings. The Morgan fingerprint density at radius 3 is 2.35 bits per heavy atom. The topological polar surface area (TPSA) is 94.6 Å². The van der Waals surface area contributed by atoms with E-state index >= 15 is 0 Å². The Morgan fingerprint density at radius 2 is 1.62 bits per heavy atom. The number of ether oxygens (including phenoxy) is 1. The molecule has 4 rings (SSSR count). The largest absolute Gasteiger partial charge is 0.494 e. The van der Waals surface area contributed by atoms with Gasteiger partial charge in [-0.2, -0.15) is 9.97 Å². The van der Waals surface area contributed by atoms with Gasteiger partial charge in [0.15, 0.2) is 0 Å². The van der Waals surface area contributed by atoms with Crippen LogP contribution in [-0.2, 0) is 0 Å². The molecule has 0 unspecified atom stereocenters. The Balaban J connectivity index is 1.12. The molecule has 37 heavy (non-hydrogen) atoms. The molecule has 3 heterocycles. The van der Waals surface area contributed by atoms with Crippen molar-refractivity contribution in [2.45, 2.75) is 51.9 Å². The quantitative estimate of drug-likeness (QED) is 0.313. The van der Waals surface area contributed by atoms with Crippen LogP contribution in [0.2, 0.25) is 0 Å². The van der Waals surface area contributed by atoms with Crippen molar-refractivity contribution in [2.24, 2.45) is 0 Å². The van der Waals surface area contributed by atoms with Crippen LogP contribution in [0.15, 0.2) is 30.3 Å². The van der Waals surface area contributed by atoms with Crippen molar-refractivity contribution < 1.29 is 9.53 Å². The zero-order valence-electron chi connectivity index (χ0n) is 22.3. The highest BCUT2D eigenvalue weighted by atomic mass is 16.5. The van der Waals surface area contributed by atoms with E-state index in [9.17, 15) is 4.79 Å². The Kier molecular flexibility index (Phi) is 10.7. The SMILES string of the molecule is CCCCOc1ccc(C(=O)NCCNCCCNc2cc(N3CCCC3)nc(N3CCCC3)n2)cc1. The van der Waals surface area contributed by atoms with Crippen molar-refractivity contribution in [1.29, 1.82) is 0 Å². The first-order valence-corrected chi connectivity index (χ1v) is 14.1. The minimum absolute atomic E-state index is 0.0602. The number of hydrogen-bond donors (Lipinski definition) is 3. The van der Waals surface area contributed by atoms with Gasteiger partial charge in [0.05, 0.1) is 6.61 Å². The number of unbranched alkanes of at least 4 members (excludes halogenated alkanes) is 1. The molecule has 1 amide bonds. The maximum Gasteiger partial charge on any atom is 0.251 e.